The molecule has 0 unspecified atom stereocenters. The van der Waals surface area contributed by atoms with Crippen molar-refractivity contribution >= 4 is 35.4 Å². The van der Waals surface area contributed by atoms with E-state index in [2.05, 4.69) is 16.0 Å². The lowest BCUT2D eigenvalue weighted by molar-refractivity contribution is -0.116. The van der Waals surface area contributed by atoms with Gasteiger partial charge in [-0.1, -0.05) is 18.2 Å². The van der Waals surface area contributed by atoms with E-state index < -0.39 is 23.4 Å². The van der Waals surface area contributed by atoms with Gasteiger partial charge in [0.2, 0.25) is 11.8 Å². The smallest absolute Gasteiger partial charge is 0.407 e. The van der Waals surface area contributed by atoms with Gasteiger partial charge in [0.25, 0.3) is 0 Å². The van der Waals surface area contributed by atoms with Crippen molar-refractivity contribution in [1.29, 1.82) is 0 Å². The summed E-state index contributed by atoms with van der Waals surface area (Å²) in [6, 6.07) is 12.7. The first-order chi connectivity index (χ1) is 14.6. The molecule has 2 rings (SSSR count). The highest BCUT2D eigenvalue weighted by Gasteiger charge is 2.15. The molecule has 0 aliphatic heterocycles. The first-order valence-electron chi connectivity index (χ1n) is 9.73. The lowest BCUT2D eigenvalue weighted by Gasteiger charge is -2.19. The molecule has 7 nitrogen and oxygen atoms in total. The minimum Gasteiger partial charge on any atom is -0.444 e. The van der Waals surface area contributed by atoms with Gasteiger partial charge in [-0.2, -0.15) is 0 Å². The molecule has 31 heavy (non-hydrogen) atoms. The molecule has 2 aromatic rings. The maximum Gasteiger partial charge on any atom is 0.407 e. The van der Waals surface area contributed by atoms with E-state index in [1.807, 2.05) is 0 Å². The van der Waals surface area contributed by atoms with Gasteiger partial charge in [-0.3, -0.25) is 9.59 Å². The third-order valence-electron chi connectivity index (χ3n) is 3.78. The summed E-state index contributed by atoms with van der Waals surface area (Å²) in [4.78, 5) is 35.5. The highest BCUT2D eigenvalue weighted by molar-refractivity contribution is 6.02. The maximum atomic E-state index is 13.6. The Kier molecular flexibility index (Phi) is 8.31. The summed E-state index contributed by atoms with van der Waals surface area (Å²) in [5, 5.41) is 7.87. The molecule has 0 saturated heterocycles. The van der Waals surface area contributed by atoms with Crippen LogP contribution in [0.1, 0.15) is 32.8 Å². The number of benzene rings is 2. The van der Waals surface area contributed by atoms with Crippen LogP contribution in [0.25, 0.3) is 6.08 Å². The van der Waals surface area contributed by atoms with Crippen LogP contribution in [-0.4, -0.2) is 30.1 Å². The molecule has 0 aliphatic carbocycles. The topological polar surface area (TPSA) is 96.5 Å². The number of amides is 3. The number of anilines is 2. The van der Waals surface area contributed by atoms with Crippen LogP contribution in [0, 0.1) is 5.82 Å². The van der Waals surface area contributed by atoms with Crippen molar-refractivity contribution in [2.75, 3.05) is 17.2 Å². The molecule has 0 radical (unpaired) electrons. The van der Waals surface area contributed by atoms with Gasteiger partial charge in [-0.25, -0.2) is 9.18 Å². The number of alkyl carbamates (subject to hydrolysis) is 1. The SMILES string of the molecule is CC(C)(C)OC(=O)NCCC(=O)Nc1ccc(NC(=O)/C=C/c2ccccc2F)cc1. The minimum atomic E-state index is -0.600. The number of carbonyl (C=O) groups excluding carboxylic acids is 3. The molecule has 0 bridgehead atoms. The molecular weight excluding hydrogens is 401 g/mol. The molecule has 0 spiro atoms. The Hall–Kier alpha value is -3.68. The second-order valence-corrected chi connectivity index (χ2v) is 7.65. The van der Waals surface area contributed by atoms with Crippen molar-refractivity contribution < 1.29 is 23.5 Å². The normalized spacial score (nSPS) is 11.1. The molecule has 0 atom stereocenters. The van der Waals surface area contributed by atoms with E-state index in [9.17, 15) is 18.8 Å². The maximum absolute atomic E-state index is 13.6. The van der Waals surface area contributed by atoms with Crippen molar-refractivity contribution in [3.63, 3.8) is 0 Å². The number of ether oxygens (including phenoxy) is 1. The van der Waals surface area contributed by atoms with E-state index in [-0.39, 0.29) is 18.9 Å². The molecule has 0 aromatic heterocycles. The minimum absolute atomic E-state index is 0.0819. The molecule has 164 valence electrons. The van der Waals surface area contributed by atoms with Gasteiger partial charge in [0, 0.05) is 36.0 Å². The molecule has 3 N–H and O–H groups in total. The van der Waals surface area contributed by atoms with E-state index in [0.29, 0.717) is 16.9 Å². The summed E-state index contributed by atoms with van der Waals surface area (Å²) in [6.45, 7) is 5.41. The van der Waals surface area contributed by atoms with Gasteiger partial charge in [-0.15, -0.1) is 0 Å². The van der Waals surface area contributed by atoms with Crippen molar-refractivity contribution in [2.24, 2.45) is 0 Å². The fraction of sp³-hybridized carbons (Fsp3) is 0.261. The van der Waals surface area contributed by atoms with E-state index in [1.165, 1.54) is 18.2 Å². The van der Waals surface area contributed by atoms with Crippen molar-refractivity contribution in [1.82, 2.24) is 5.32 Å². The molecule has 2 aromatic carbocycles. The largest absolute Gasteiger partial charge is 0.444 e. The Morgan fingerprint density at radius 3 is 2.19 bits per heavy atom. The van der Waals surface area contributed by atoms with Crippen LogP contribution >= 0.6 is 0 Å². The molecule has 0 saturated carbocycles. The van der Waals surface area contributed by atoms with Gasteiger partial charge < -0.3 is 20.7 Å². The third kappa shape index (κ3) is 9.12. The summed E-state index contributed by atoms with van der Waals surface area (Å²) in [7, 11) is 0. The molecule has 3 amide bonds. The van der Waals surface area contributed by atoms with Gasteiger partial charge in [0.15, 0.2) is 0 Å². The average molecular weight is 427 g/mol. The Labute approximate surface area is 180 Å². The summed E-state index contributed by atoms with van der Waals surface area (Å²) in [6.07, 6.45) is 2.14. The summed E-state index contributed by atoms with van der Waals surface area (Å²) in [5.74, 6) is -1.10. The fourth-order valence-corrected chi connectivity index (χ4v) is 2.41. The van der Waals surface area contributed by atoms with Crippen LogP contribution < -0.4 is 16.0 Å². The molecule has 0 aliphatic rings. The number of hydrogen-bond acceptors (Lipinski definition) is 4. The van der Waals surface area contributed by atoms with Crippen LogP contribution in [0.15, 0.2) is 54.6 Å². The monoisotopic (exact) mass is 427 g/mol. The summed E-state index contributed by atoms with van der Waals surface area (Å²) < 4.78 is 18.6. The Morgan fingerprint density at radius 1 is 0.968 bits per heavy atom. The highest BCUT2D eigenvalue weighted by Crippen LogP contribution is 2.14. The number of carbonyl (C=O) groups is 3. The second kappa shape index (κ2) is 10.9. The zero-order valence-electron chi connectivity index (χ0n) is 17.7. The van der Waals surface area contributed by atoms with Crippen molar-refractivity contribution in [3.8, 4) is 0 Å². The van der Waals surface area contributed by atoms with Crippen LogP contribution in [0.3, 0.4) is 0 Å². The van der Waals surface area contributed by atoms with Gasteiger partial charge >= 0.3 is 6.09 Å². The highest BCUT2D eigenvalue weighted by atomic mass is 19.1. The second-order valence-electron chi connectivity index (χ2n) is 7.65. The van der Waals surface area contributed by atoms with E-state index in [1.54, 1.807) is 63.2 Å². The Morgan fingerprint density at radius 2 is 1.58 bits per heavy atom. The predicted octanol–water partition coefficient (Wildman–Crippen LogP) is 4.33. The zero-order valence-corrected chi connectivity index (χ0v) is 17.7. The van der Waals surface area contributed by atoms with Crippen LogP contribution in [0.4, 0.5) is 20.6 Å². The summed E-state index contributed by atoms with van der Waals surface area (Å²) >= 11 is 0. The van der Waals surface area contributed by atoms with E-state index >= 15 is 0 Å². The predicted molar refractivity (Wildman–Crippen MR) is 118 cm³/mol. The van der Waals surface area contributed by atoms with Gasteiger partial charge in [0.05, 0.1) is 0 Å². The Balaban J connectivity index is 1.77. The summed E-state index contributed by atoms with van der Waals surface area (Å²) in [5.41, 5.74) is 0.781. The van der Waals surface area contributed by atoms with Crippen LogP contribution in [0.5, 0.6) is 0 Å². The lowest BCUT2D eigenvalue weighted by Crippen LogP contribution is -2.34. The average Bonchev–Trinajstić information content (AvgIpc) is 2.67. The van der Waals surface area contributed by atoms with Gasteiger partial charge in [0.1, 0.15) is 11.4 Å². The zero-order chi connectivity index (χ0) is 22.9. The van der Waals surface area contributed by atoms with Gasteiger partial charge in [-0.05, 0) is 57.2 Å². The van der Waals surface area contributed by atoms with Crippen molar-refractivity contribution in [3.05, 3.63) is 66.0 Å². The molecular formula is C23H26FN3O4. The standard InChI is InChI=1S/C23H26FN3O4/c1-23(2,3)31-22(30)25-15-14-21(29)27-18-11-9-17(10-12-18)26-20(28)13-8-16-6-4-5-7-19(16)24/h4-13H,14-15H2,1-3H3,(H,25,30)(H,26,28)(H,27,29)/b13-8+. The van der Waals surface area contributed by atoms with E-state index in [0.717, 1.165) is 0 Å². The van der Waals surface area contributed by atoms with Crippen LogP contribution in [-0.2, 0) is 14.3 Å². The van der Waals surface area contributed by atoms with E-state index in [4.69, 9.17) is 4.74 Å². The fourth-order valence-electron chi connectivity index (χ4n) is 2.41. The number of nitrogens with one attached hydrogen (secondary N) is 3. The number of halogens is 1. The number of rotatable bonds is 7. The third-order valence-corrected chi connectivity index (χ3v) is 3.78. The molecule has 0 heterocycles. The van der Waals surface area contributed by atoms with Crippen LogP contribution in [0.2, 0.25) is 0 Å². The lowest BCUT2D eigenvalue weighted by atomic mass is 10.2. The Bertz CT molecular complexity index is 950. The quantitative estimate of drug-likeness (QED) is 0.573. The number of hydrogen-bond donors (Lipinski definition) is 3. The van der Waals surface area contributed by atoms with Crippen molar-refractivity contribution in [2.45, 2.75) is 32.8 Å². The molecule has 0 fully saturated rings. The first kappa shape index (κ1) is 23.6. The molecule has 8 heteroatoms. The first-order valence-corrected chi connectivity index (χ1v) is 9.73.